The predicted molar refractivity (Wildman–Crippen MR) is 133 cm³/mol. The number of carbonyl (C=O) groups is 2. The van der Waals surface area contributed by atoms with E-state index in [-0.39, 0.29) is 29.7 Å². The summed E-state index contributed by atoms with van der Waals surface area (Å²) in [7, 11) is -3.73. The molecule has 8 heteroatoms. The Morgan fingerprint density at radius 3 is 2.21 bits per heavy atom. The van der Waals surface area contributed by atoms with E-state index in [1.54, 1.807) is 42.5 Å². The second kappa shape index (κ2) is 10.2. The van der Waals surface area contributed by atoms with Gasteiger partial charge in [-0.05, 0) is 53.2 Å². The molecule has 34 heavy (non-hydrogen) atoms. The molecule has 0 saturated heterocycles. The molecule has 0 bridgehead atoms. The van der Waals surface area contributed by atoms with Gasteiger partial charge in [-0.15, -0.1) is 0 Å². The van der Waals surface area contributed by atoms with Crippen molar-refractivity contribution in [1.82, 2.24) is 5.32 Å². The number of carbonyl (C=O) groups excluding carboxylic acids is 2. The number of anilines is 2. The Kier molecular flexibility index (Phi) is 6.89. The first-order valence-corrected chi connectivity index (χ1v) is 12.1. The minimum absolute atomic E-state index is 0.0687. The molecule has 0 heterocycles. The van der Waals surface area contributed by atoms with Gasteiger partial charge in [0.05, 0.1) is 10.6 Å². The molecule has 2 amide bonds. The molecule has 7 nitrogen and oxygen atoms in total. The Bertz CT molecular complexity index is 1440. The van der Waals surface area contributed by atoms with Gasteiger partial charge in [-0.25, -0.2) is 8.42 Å². The first kappa shape index (κ1) is 23.0. The van der Waals surface area contributed by atoms with Gasteiger partial charge in [0, 0.05) is 24.2 Å². The predicted octanol–water partition coefficient (Wildman–Crippen LogP) is 4.40. The van der Waals surface area contributed by atoms with E-state index in [9.17, 15) is 18.0 Å². The second-order valence-corrected chi connectivity index (χ2v) is 9.30. The van der Waals surface area contributed by atoms with Gasteiger partial charge >= 0.3 is 0 Å². The summed E-state index contributed by atoms with van der Waals surface area (Å²) in [5, 5.41) is 7.49. The highest BCUT2D eigenvalue weighted by molar-refractivity contribution is 7.92. The highest BCUT2D eigenvalue weighted by atomic mass is 32.2. The van der Waals surface area contributed by atoms with Crippen molar-refractivity contribution in [3.63, 3.8) is 0 Å². The molecule has 0 aliphatic heterocycles. The van der Waals surface area contributed by atoms with Crippen molar-refractivity contribution in [2.75, 3.05) is 16.6 Å². The molecule has 0 atom stereocenters. The van der Waals surface area contributed by atoms with Gasteiger partial charge in [0.1, 0.15) is 0 Å². The Balaban J connectivity index is 1.30. The highest BCUT2D eigenvalue weighted by Crippen LogP contribution is 2.20. The fourth-order valence-electron chi connectivity index (χ4n) is 3.42. The van der Waals surface area contributed by atoms with Crippen LogP contribution in [0, 0.1) is 0 Å². The van der Waals surface area contributed by atoms with E-state index < -0.39 is 10.0 Å². The normalized spacial score (nSPS) is 11.1. The maximum Gasteiger partial charge on any atom is 0.261 e. The molecule has 0 fully saturated rings. The topological polar surface area (TPSA) is 104 Å². The van der Waals surface area contributed by atoms with Crippen molar-refractivity contribution in [3.05, 3.63) is 103 Å². The van der Waals surface area contributed by atoms with E-state index in [0.717, 1.165) is 10.8 Å². The number of fused-ring (bicyclic) bond motifs is 1. The lowest BCUT2D eigenvalue weighted by Crippen LogP contribution is -2.27. The van der Waals surface area contributed by atoms with Crippen LogP contribution in [0.1, 0.15) is 16.8 Å². The van der Waals surface area contributed by atoms with Gasteiger partial charge in [0.25, 0.3) is 15.9 Å². The van der Waals surface area contributed by atoms with Crippen LogP contribution >= 0.6 is 0 Å². The average Bonchev–Trinajstić information content (AvgIpc) is 2.84. The van der Waals surface area contributed by atoms with Crippen LogP contribution in [0.15, 0.2) is 102 Å². The fourth-order valence-corrected chi connectivity index (χ4v) is 4.49. The van der Waals surface area contributed by atoms with Gasteiger partial charge in [-0.3, -0.25) is 14.3 Å². The lowest BCUT2D eigenvalue weighted by molar-refractivity contribution is -0.116. The Labute approximate surface area is 197 Å². The molecule has 4 aromatic rings. The number of amides is 2. The molecule has 0 spiro atoms. The minimum atomic E-state index is -3.73. The van der Waals surface area contributed by atoms with E-state index in [1.807, 2.05) is 36.4 Å². The third kappa shape index (κ3) is 5.79. The maximum absolute atomic E-state index is 12.5. The van der Waals surface area contributed by atoms with Crippen LogP contribution in [0.4, 0.5) is 11.4 Å². The molecule has 0 aromatic heterocycles. The molecular formula is C26H23N3O4S. The van der Waals surface area contributed by atoms with Crippen molar-refractivity contribution in [3.8, 4) is 0 Å². The van der Waals surface area contributed by atoms with Gasteiger partial charge in [-0.1, -0.05) is 54.6 Å². The lowest BCUT2D eigenvalue weighted by Gasteiger charge is -2.11. The number of sulfonamides is 1. The lowest BCUT2D eigenvalue weighted by atomic mass is 10.1. The zero-order valence-electron chi connectivity index (χ0n) is 18.2. The average molecular weight is 474 g/mol. The second-order valence-electron chi connectivity index (χ2n) is 7.62. The van der Waals surface area contributed by atoms with E-state index >= 15 is 0 Å². The Hall–Kier alpha value is -4.17. The van der Waals surface area contributed by atoms with E-state index in [4.69, 9.17) is 0 Å². The van der Waals surface area contributed by atoms with E-state index in [2.05, 4.69) is 15.4 Å². The Morgan fingerprint density at radius 2 is 1.41 bits per heavy atom. The summed E-state index contributed by atoms with van der Waals surface area (Å²) >= 11 is 0. The zero-order valence-corrected chi connectivity index (χ0v) is 19.0. The number of nitrogens with one attached hydrogen (secondary N) is 3. The quantitative estimate of drug-likeness (QED) is 0.353. The zero-order chi connectivity index (χ0) is 24.0. The summed E-state index contributed by atoms with van der Waals surface area (Å²) in [6.07, 6.45) is 0.0687. The molecule has 0 radical (unpaired) electrons. The van der Waals surface area contributed by atoms with Crippen molar-refractivity contribution in [1.29, 1.82) is 0 Å². The van der Waals surface area contributed by atoms with Crippen LogP contribution in [0.2, 0.25) is 0 Å². The number of benzene rings is 4. The van der Waals surface area contributed by atoms with Crippen molar-refractivity contribution < 1.29 is 18.0 Å². The Morgan fingerprint density at radius 1 is 0.706 bits per heavy atom. The van der Waals surface area contributed by atoms with Crippen LogP contribution < -0.4 is 15.4 Å². The summed E-state index contributed by atoms with van der Waals surface area (Å²) in [5.74, 6) is -0.558. The molecule has 0 aliphatic carbocycles. The molecule has 4 rings (SSSR count). The first-order valence-electron chi connectivity index (χ1n) is 10.7. The smallest absolute Gasteiger partial charge is 0.261 e. The molecule has 4 aromatic carbocycles. The molecule has 0 unspecified atom stereocenters. The van der Waals surface area contributed by atoms with Crippen molar-refractivity contribution in [2.45, 2.75) is 11.3 Å². The van der Waals surface area contributed by atoms with Crippen LogP contribution in [0.25, 0.3) is 10.8 Å². The highest BCUT2D eigenvalue weighted by Gasteiger charge is 2.14. The summed E-state index contributed by atoms with van der Waals surface area (Å²) in [6, 6.07) is 27.7. The third-order valence-electron chi connectivity index (χ3n) is 5.10. The third-order valence-corrected chi connectivity index (χ3v) is 6.50. The summed E-state index contributed by atoms with van der Waals surface area (Å²) in [6.45, 7) is 0.165. The number of hydrogen-bond donors (Lipinski definition) is 3. The number of hydrogen-bond acceptors (Lipinski definition) is 4. The summed E-state index contributed by atoms with van der Waals surface area (Å²) in [5.41, 5.74) is 1.29. The largest absolute Gasteiger partial charge is 0.352 e. The molecular weight excluding hydrogens is 450 g/mol. The summed E-state index contributed by atoms with van der Waals surface area (Å²) < 4.78 is 27.5. The van der Waals surface area contributed by atoms with Gasteiger partial charge in [0.15, 0.2) is 0 Å². The summed E-state index contributed by atoms with van der Waals surface area (Å²) in [4.78, 5) is 24.9. The van der Waals surface area contributed by atoms with Crippen molar-refractivity contribution in [2.24, 2.45) is 0 Å². The van der Waals surface area contributed by atoms with Crippen LogP contribution in [0.3, 0.4) is 0 Å². The monoisotopic (exact) mass is 473 g/mol. The standard InChI is InChI=1S/C26H23N3O4S/c30-25(15-16-27-26(31)21-14-13-19-7-4-5-8-20(19)17-21)28-22-9-6-10-23(18-22)29-34(32,33)24-11-2-1-3-12-24/h1-14,17-18,29H,15-16H2,(H,27,31)(H,28,30). The first-order chi connectivity index (χ1) is 16.4. The van der Waals surface area contributed by atoms with E-state index in [0.29, 0.717) is 16.9 Å². The van der Waals surface area contributed by atoms with Crippen molar-refractivity contribution >= 4 is 44.0 Å². The minimum Gasteiger partial charge on any atom is -0.352 e. The SMILES string of the molecule is O=C(CCNC(=O)c1ccc2ccccc2c1)Nc1cccc(NS(=O)(=O)c2ccccc2)c1. The van der Waals surface area contributed by atoms with Crippen LogP contribution in [0.5, 0.6) is 0 Å². The van der Waals surface area contributed by atoms with Gasteiger partial charge < -0.3 is 10.6 Å². The molecule has 3 N–H and O–H groups in total. The van der Waals surface area contributed by atoms with Crippen LogP contribution in [-0.2, 0) is 14.8 Å². The van der Waals surface area contributed by atoms with E-state index in [1.165, 1.54) is 18.2 Å². The van der Waals surface area contributed by atoms with Crippen LogP contribution in [-0.4, -0.2) is 26.8 Å². The fraction of sp³-hybridized carbons (Fsp3) is 0.0769. The van der Waals surface area contributed by atoms with Gasteiger partial charge in [0.2, 0.25) is 5.91 Å². The molecule has 172 valence electrons. The molecule has 0 aliphatic rings. The van der Waals surface area contributed by atoms with Gasteiger partial charge in [-0.2, -0.15) is 0 Å². The number of rotatable bonds is 8. The molecule has 0 saturated carbocycles. The maximum atomic E-state index is 12.5.